The zero-order valence-corrected chi connectivity index (χ0v) is 20.4. The molecule has 0 saturated carbocycles. The Morgan fingerprint density at radius 1 is 0.879 bits per heavy atom. The van der Waals surface area contributed by atoms with E-state index < -0.39 is 0 Å². The third kappa shape index (κ3) is 4.20. The van der Waals surface area contributed by atoms with E-state index in [2.05, 4.69) is 71.1 Å². The van der Waals surface area contributed by atoms with Gasteiger partial charge in [0.15, 0.2) is 0 Å². The number of hydrogen-bond donors (Lipinski definition) is 2. The van der Waals surface area contributed by atoms with Crippen molar-refractivity contribution in [1.29, 1.82) is 0 Å². The summed E-state index contributed by atoms with van der Waals surface area (Å²) in [4.78, 5) is 12.5. The Morgan fingerprint density at radius 3 is 2.06 bits per heavy atom. The van der Waals surface area contributed by atoms with E-state index in [1.165, 1.54) is 22.3 Å². The van der Waals surface area contributed by atoms with Crippen molar-refractivity contribution in [2.75, 3.05) is 5.32 Å². The number of phenolic OH excluding ortho intramolecular Hbond substituents is 1. The molecule has 1 aliphatic carbocycles. The fourth-order valence-electron chi connectivity index (χ4n) is 5.02. The van der Waals surface area contributed by atoms with Crippen LogP contribution < -0.4 is 5.32 Å². The van der Waals surface area contributed by atoms with Crippen LogP contribution in [0.25, 0.3) is 12.2 Å². The van der Waals surface area contributed by atoms with Crippen molar-refractivity contribution in [3.8, 4) is 5.75 Å². The lowest BCUT2D eigenvalue weighted by Crippen LogP contribution is -2.30. The molecule has 0 radical (unpaired) electrons. The third-order valence-electron chi connectivity index (χ3n) is 7.71. The summed E-state index contributed by atoms with van der Waals surface area (Å²) in [6, 6.07) is 18.8. The highest BCUT2D eigenvalue weighted by Gasteiger charge is 2.48. The molecule has 0 aliphatic heterocycles. The standard InChI is InChI=1S/C30H33NO2/c1-19-17-26-27(30(5,6)20(2)29(26,3)4)18-23(19)12-9-21-7-10-22(11-8-21)28(33)31-24-13-15-25(32)16-14-24/h7-18,20,32H,1-6H3,(H,31,33)/b12-9+. The van der Waals surface area contributed by atoms with Gasteiger partial charge in [-0.05, 0) is 87.9 Å². The molecule has 0 aromatic heterocycles. The van der Waals surface area contributed by atoms with Gasteiger partial charge >= 0.3 is 0 Å². The van der Waals surface area contributed by atoms with Crippen molar-refractivity contribution in [2.45, 2.75) is 52.4 Å². The number of fused-ring (bicyclic) bond motifs is 1. The minimum Gasteiger partial charge on any atom is -0.508 e. The Balaban J connectivity index is 1.53. The number of carbonyl (C=O) groups excluding carboxylic acids is 1. The van der Waals surface area contributed by atoms with E-state index in [-0.39, 0.29) is 22.5 Å². The topological polar surface area (TPSA) is 49.3 Å². The van der Waals surface area contributed by atoms with Gasteiger partial charge in [0.25, 0.3) is 5.91 Å². The molecular weight excluding hydrogens is 406 g/mol. The van der Waals surface area contributed by atoms with Crippen molar-refractivity contribution in [1.82, 2.24) is 0 Å². The van der Waals surface area contributed by atoms with E-state index in [9.17, 15) is 9.90 Å². The molecule has 4 rings (SSSR count). The first-order valence-corrected chi connectivity index (χ1v) is 11.5. The van der Waals surface area contributed by atoms with Crippen LogP contribution in [0.2, 0.25) is 0 Å². The van der Waals surface area contributed by atoms with Crippen molar-refractivity contribution in [3.63, 3.8) is 0 Å². The number of phenols is 1. The van der Waals surface area contributed by atoms with Gasteiger partial charge in [-0.3, -0.25) is 4.79 Å². The highest BCUT2D eigenvalue weighted by molar-refractivity contribution is 6.04. The number of hydrogen-bond acceptors (Lipinski definition) is 2. The number of rotatable bonds is 4. The average molecular weight is 440 g/mol. The predicted octanol–water partition coefficient (Wildman–Crippen LogP) is 7.33. The molecule has 3 aromatic carbocycles. The first kappa shape index (κ1) is 22.8. The lowest BCUT2D eigenvalue weighted by atomic mass is 9.71. The second-order valence-corrected chi connectivity index (χ2v) is 10.4. The first-order valence-electron chi connectivity index (χ1n) is 11.5. The van der Waals surface area contributed by atoms with Crippen LogP contribution in [0.3, 0.4) is 0 Å². The number of aromatic hydroxyl groups is 1. The Morgan fingerprint density at radius 2 is 1.45 bits per heavy atom. The molecule has 3 heteroatoms. The Hall–Kier alpha value is -3.33. The summed E-state index contributed by atoms with van der Waals surface area (Å²) in [5, 5.41) is 12.2. The fourth-order valence-corrected chi connectivity index (χ4v) is 5.02. The van der Waals surface area contributed by atoms with Gasteiger partial charge in [0.2, 0.25) is 0 Å². The summed E-state index contributed by atoms with van der Waals surface area (Å²) in [5.41, 5.74) is 8.04. The summed E-state index contributed by atoms with van der Waals surface area (Å²) in [5.74, 6) is 0.563. The lowest BCUT2D eigenvalue weighted by molar-refractivity contribution is 0.102. The molecule has 0 bridgehead atoms. The second-order valence-electron chi connectivity index (χ2n) is 10.4. The number of aryl methyl sites for hydroxylation is 1. The summed E-state index contributed by atoms with van der Waals surface area (Å²) < 4.78 is 0. The van der Waals surface area contributed by atoms with Gasteiger partial charge < -0.3 is 10.4 Å². The van der Waals surface area contributed by atoms with E-state index in [1.807, 2.05) is 24.3 Å². The van der Waals surface area contributed by atoms with Crippen molar-refractivity contribution < 1.29 is 9.90 Å². The predicted molar refractivity (Wildman–Crippen MR) is 138 cm³/mol. The van der Waals surface area contributed by atoms with Gasteiger partial charge in [-0.25, -0.2) is 0 Å². The highest BCUT2D eigenvalue weighted by atomic mass is 16.3. The van der Waals surface area contributed by atoms with Gasteiger partial charge in [0, 0.05) is 11.3 Å². The summed E-state index contributed by atoms with van der Waals surface area (Å²) in [7, 11) is 0. The van der Waals surface area contributed by atoms with Crippen LogP contribution >= 0.6 is 0 Å². The number of amides is 1. The number of benzene rings is 3. The van der Waals surface area contributed by atoms with Crippen LogP contribution in [-0.4, -0.2) is 11.0 Å². The Labute approximate surface area is 197 Å². The summed E-state index contributed by atoms with van der Waals surface area (Å²) >= 11 is 0. The lowest BCUT2D eigenvalue weighted by Gasteiger charge is -2.32. The fraction of sp³-hybridized carbons (Fsp3) is 0.300. The molecule has 2 N–H and O–H groups in total. The molecule has 3 nitrogen and oxygen atoms in total. The molecule has 0 spiro atoms. The van der Waals surface area contributed by atoms with Gasteiger partial charge in [0.05, 0.1) is 0 Å². The number of anilines is 1. The van der Waals surface area contributed by atoms with Crippen molar-refractivity contribution in [2.24, 2.45) is 5.92 Å². The van der Waals surface area contributed by atoms with Gasteiger partial charge in [0.1, 0.15) is 5.75 Å². The van der Waals surface area contributed by atoms with E-state index in [0.717, 1.165) is 5.56 Å². The van der Waals surface area contributed by atoms with Crippen molar-refractivity contribution >= 4 is 23.7 Å². The smallest absolute Gasteiger partial charge is 0.255 e. The van der Waals surface area contributed by atoms with Gasteiger partial charge in [-0.15, -0.1) is 0 Å². The van der Waals surface area contributed by atoms with Crippen LogP contribution in [0.4, 0.5) is 5.69 Å². The first-order chi connectivity index (χ1) is 15.5. The summed E-state index contributed by atoms with van der Waals surface area (Å²) in [6.07, 6.45) is 4.28. The Kier molecular flexibility index (Phi) is 5.69. The maximum atomic E-state index is 12.5. The van der Waals surface area contributed by atoms with E-state index in [4.69, 9.17) is 0 Å². The summed E-state index contributed by atoms with van der Waals surface area (Å²) in [6.45, 7) is 14.0. The van der Waals surface area contributed by atoms with Crippen LogP contribution in [0.1, 0.15) is 72.8 Å². The van der Waals surface area contributed by atoms with Gasteiger partial charge in [-0.2, -0.15) is 0 Å². The van der Waals surface area contributed by atoms with Crippen molar-refractivity contribution in [3.05, 3.63) is 94.0 Å². The zero-order chi connectivity index (χ0) is 24.0. The third-order valence-corrected chi connectivity index (χ3v) is 7.71. The normalized spacial score (nSPS) is 18.3. The van der Waals surface area contributed by atoms with Crippen LogP contribution in [-0.2, 0) is 10.8 Å². The molecule has 0 heterocycles. The quantitative estimate of drug-likeness (QED) is 0.330. The maximum Gasteiger partial charge on any atom is 0.255 e. The molecule has 33 heavy (non-hydrogen) atoms. The Bertz CT molecular complexity index is 1220. The van der Waals surface area contributed by atoms with Crippen LogP contribution in [0.5, 0.6) is 5.75 Å². The maximum absolute atomic E-state index is 12.5. The molecule has 1 aliphatic rings. The van der Waals surface area contributed by atoms with E-state index in [0.29, 0.717) is 17.2 Å². The minimum absolute atomic E-state index is 0.141. The van der Waals surface area contributed by atoms with Crippen LogP contribution in [0.15, 0.2) is 60.7 Å². The monoisotopic (exact) mass is 439 g/mol. The molecule has 170 valence electrons. The minimum atomic E-state index is -0.176. The molecule has 3 aromatic rings. The molecule has 1 unspecified atom stereocenters. The second kappa shape index (κ2) is 8.22. The highest BCUT2D eigenvalue weighted by Crippen LogP contribution is 2.54. The molecule has 1 atom stereocenters. The number of carbonyl (C=O) groups is 1. The molecular formula is C30H33NO2. The number of nitrogens with one attached hydrogen (secondary N) is 1. The van der Waals surface area contributed by atoms with E-state index in [1.54, 1.807) is 24.3 Å². The molecule has 0 fully saturated rings. The molecule has 1 amide bonds. The average Bonchev–Trinajstić information content (AvgIpc) is 2.91. The molecule has 0 saturated heterocycles. The van der Waals surface area contributed by atoms with Crippen LogP contribution in [0, 0.1) is 12.8 Å². The SMILES string of the molecule is Cc1cc2c(cc1/C=C/c1ccc(C(=O)Nc3ccc(O)cc3)cc1)C(C)(C)C(C)C2(C)C. The largest absolute Gasteiger partial charge is 0.508 e. The van der Waals surface area contributed by atoms with E-state index >= 15 is 0 Å². The van der Waals surface area contributed by atoms with Gasteiger partial charge in [-0.1, -0.05) is 71.0 Å². The zero-order valence-electron chi connectivity index (χ0n) is 20.4.